The molecular formula is C21H28BrN3O. The molecule has 0 aromatic heterocycles. The molecular weight excluding hydrogens is 390 g/mol. The second-order valence-electron chi connectivity index (χ2n) is 6.89. The molecule has 4 nitrogen and oxygen atoms in total. The Kier molecular flexibility index (Phi) is 7.06. The summed E-state index contributed by atoms with van der Waals surface area (Å²) in [5, 5.41) is 3.66. The van der Waals surface area contributed by atoms with Gasteiger partial charge in [0, 0.05) is 25.5 Å². The molecule has 26 heavy (non-hydrogen) atoms. The Morgan fingerprint density at radius 2 is 2.08 bits per heavy atom. The molecule has 0 bridgehead atoms. The number of nitrogens with two attached hydrogens (primary N) is 1. The molecule has 1 unspecified atom stereocenters. The first-order valence-corrected chi connectivity index (χ1v) is 10.3. The lowest BCUT2D eigenvalue weighted by atomic mass is 9.84. The summed E-state index contributed by atoms with van der Waals surface area (Å²) >= 11 is 3.39. The van der Waals surface area contributed by atoms with E-state index >= 15 is 0 Å². The number of nitrogens with zero attached hydrogens (tertiary/aromatic N) is 1. The molecule has 2 aliphatic rings. The van der Waals surface area contributed by atoms with Crippen LogP contribution in [0.5, 0.6) is 0 Å². The highest BCUT2D eigenvalue weighted by atomic mass is 79.9. The third-order valence-electron chi connectivity index (χ3n) is 5.19. The average molecular weight is 418 g/mol. The number of nitrogens with one attached hydrogen (secondary N) is 1. The highest BCUT2D eigenvalue weighted by molar-refractivity contribution is 9.12. The maximum absolute atomic E-state index is 5.90. The number of allylic oxidation sites excluding steroid dienone is 1. The molecule has 2 fully saturated rings. The van der Waals surface area contributed by atoms with Crippen LogP contribution in [0.25, 0.3) is 6.08 Å². The van der Waals surface area contributed by atoms with Crippen molar-refractivity contribution in [2.75, 3.05) is 19.8 Å². The van der Waals surface area contributed by atoms with Gasteiger partial charge in [0.05, 0.1) is 4.48 Å². The molecule has 0 saturated carbocycles. The van der Waals surface area contributed by atoms with E-state index in [1.54, 1.807) is 6.20 Å². The predicted molar refractivity (Wildman–Crippen MR) is 113 cm³/mol. The smallest absolute Gasteiger partial charge is 0.137 e. The number of amidine groups is 1. The van der Waals surface area contributed by atoms with Gasteiger partial charge in [-0.05, 0) is 89.8 Å². The molecule has 3 N–H and O–H groups in total. The normalized spacial score (nSPS) is 23.1. The maximum Gasteiger partial charge on any atom is 0.137 e. The number of aliphatic imine (C=N–C) groups is 1. The molecule has 1 atom stereocenters. The van der Waals surface area contributed by atoms with Gasteiger partial charge in [-0.1, -0.05) is 18.2 Å². The van der Waals surface area contributed by atoms with Gasteiger partial charge in [-0.2, -0.15) is 0 Å². The van der Waals surface area contributed by atoms with E-state index in [1.807, 2.05) is 19.1 Å². The Morgan fingerprint density at radius 3 is 2.77 bits per heavy atom. The molecule has 0 spiro atoms. The van der Waals surface area contributed by atoms with Crippen LogP contribution in [0.2, 0.25) is 0 Å². The molecule has 0 aliphatic carbocycles. The SMILES string of the molecule is C\C=C(Br)/C(N)=N\C=C\c1ccc(C2CCOCC2)c(C2CCCN2)c1. The summed E-state index contributed by atoms with van der Waals surface area (Å²) in [7, 11) is 0. The lowest BCUT2D eigenvalue weighted by molar-refractivity contribution is 0.0850. The fourth-order valence-electron chi connectivity index (χ4n) is 3.74. The fourth-order valence-corrected chi connectivity index (χ4v) is 3.84. The topological polar surface area (TPSA) is 59.6 Å². The van der Waals surface area contributed by atoms with Crippen LogP contribution < -0.4 is 11.1 Å². The predicted octanol–water partition coefficient (Wildman–Crippen LogP) is 4.63. The van der Waals surface area contributed by atoms with Crippen LogP contribution in [0.4, 0.5) is 0 Å². The lowest BCUT2D eigenvalue weighted by Crippen LogP contribution is -2.19. The van der Waals surface area contributed by atoms with Crippen molar-refractivity contribution in [2.24, 2.45) is 10.7 Å². The Labute approximate surface area is 164 Å². The Hall–Kier alpha value is -1.43. The van der Waals surface area contributed by atoms with Gasteiger partial charge in [0.15, 0.2) is 0 Å². The van der Waals surface area contributed by atoms with Crippen molar-refractivity contribution < 1.29 is 4.74 Å². The first-order chi connectivity index (χ1) is 12.7. The number of benzene rings is 1. The highest BCUT2D eigenvalue weighted by Crippen LogP contribution is 2.35. The van der Waals surface area contributed by atoms with Crippen molar-refractivity contribution in [3.8, 4) is 0 Å². The van der Waals surface area contributed by atoms with Gasteiger partial charge in [-0.3, -0.25) is 0 Å². The summed E-state index contributed by atoms with van der Waals surface area (Å²) in [6, 6.07) is 7.28. The van der Waals surface area contributed by atoms with Crippen molar-refractivity contribution in [3.63, 3.8) is 0 Å². The quantitative estimate of drug-likeness (QED) is 0.542. The summed E-state index contributed by atoms with van der Waals surface area (Å²) < 4.78 is 6.37. The molecule has 0 radical (unpaired) electrons. The molecule has 0 amide bonds. The zero-order valence-electron chi connectivity index (χ0n) is 15.4. The van der Waals surface area contributed by atoms with Crippen molar-refractivity contribution >= 4 is 27.8 Å². The second kappa shape index (κ2) is 9.49. The summed E-state index contributed by atoms with van der Waals surface area (Å²) in [6.45, 7) is 4.78. The number of hydrogen-bond acceptors (Lipinski definition) is 3. The zero-order valence-corrected chi connectivity index (χ0v) is 17.0. The van der Waals surface area contributed by atoms with Crippen LogP contribution in [0, 0.1) is 0 Å². The number of halogens is 1. The summed E-state index contributed by atoms with van der Waals surface area (Å²) in [5.41, 5.74) is 10.0. The molecule has 140 valence electrons. The first-order valence-electron chi connectivity index (χ1n) is 9.46. The second-order valence-corrected chi connectivity index (χ2v) is 7.74. The van der Waals surface area contributed by atoms with Crippen molar-refractivity contribution in [1.29, 1.82) is 0 Å². The van der Waals surface area contributed by atoms with Crippen LogP contribution in [0.3, 0.4) is 0 Å². The minimum Gasteiger partial charge on any atom is -0.383 e. The minimum absolute atomic E-state index is 0.465. The Bertz CT molecular complexity index is 699. The van der Waals surface area contributed by atoms with E-state index in [9.17, 15) is 0 Å². The van der Waals surface area contributed by atoms with Crippen molar-refractivity contribution in [1.82, 2.24) is 5.32 Å². The van der Waals surface area contributed by atoms with Gasteiger partial charge in [0.25, 0.3) is 0 Å². The van der Waals surface area contributed by atoms with Gasteiger partial charge in [-0.15, -0.1) is 0 Å². The standard InChI is InChI=1S/C21H28BrN3O/c1-2-19(22)21(23)25-11-7-15-5-6-17(16-8-12-26-13-9-16)18(14-15)20-4-3-10-24-20/h2,5-7,11,14,16,20,24H,3-4,8-10,12-13H2,1H3,(H2,23,25)/b11-7+,19-2+. The average Bonchev–Trinajstić information content (AvgIpc) is 3.22. The largest absolute Gasteiger partial charge is 0.383 e. The fraction of sp³-hybridized carbons (Fsp3) is 0.476. The van der Waals surface area contributed by atoms with Gasteiger partial charge in [0.1, 0.15) is 5.84 Å². The van der Waals surface area contributed by atoms with Gasteiger partial charge in [0.2, 0.25) is 0 Å². The van der Waals surface area contributed by atoms with Gasteiger partial charge in [-0.25, -0.2) is 4.99 Å². The Balaban J connectivity index is 1.84. The van der Waals surface area contributed by atoms with Crippen LogP contribution in [0.1, 0.15) is 61.3 Å². The van der Waals surface area contributed by atoms with Crippen molar-refractivity contribution in [3.05, 3.63) is 51.6 Å². The molecule has 2 saturated heterocycles. The van der Waals surface area contributed by atoms with Gasteiger partial charge < -0.3 is 15.8 Å². The molecule has 2 aliphatic heterocycles. The van der Waals surface area contributed by atoms with E-state index in [2.05, 4.69) is 44.4 Å². The summed E-state index contributed by atoms with van der Waals surface area (Å²) in [5.74, 6) is 1.10. The summed E-state index contributed by atoms with van der Waals surface area (Å²) in [4.78, 5) is 4.30. The van der Waals surface area contributed by atoms with E-state index in [1.165, 1.54) is 24.0 Å². The number of rotatable bonds is 5. The third-order valence-corrected chi connectivity index (χ3v) is 6.05. The molecule has 5 heteroatoms. The van der Waals surface area contributed by atoms with Crippen molar-refractivity contribution in [2.45, 2.75) is 44.6 Å². The monoisotopic (exact) mass is 417 g/mol. The van der Waals surface area contributed by atoms with Crippen LogP contribution in [0.15, 0.2) is 39.9 Å². The number of ether oxygens (including phenoxy) is 1. The third kappa shape index (κ3) is 4.84. The minimum atomic E-state index is 0.465. The zero-order chi connectivity index (χ0) is 18.4. The van der Waals surface area contributed by atoms with E-state index < -0.39 is 0 Å². The van der Waals surface area contributed by atoms with Crippen LogP contribution in [-0.4, -0.2) is 25.6 Å². The maximum atomic E-state index is 5.90. The van der Waals surface area contributed by atoms with Crippen LogP contribution in [-0.2, 0) is 4.74 Å². The molecule has 1 aromatic rings. The molecule has 1 aromatic carbocycles. The van der Waals surface area contributed by atoms with E-state index in [0.717, 1.165) is 42.6 Å². The van der Waals surface area contributed by atoms with Crippen LogP contribution >= 0.6 is 15.9 Å². The van der Waals surface area contributed by atoms with E-state index in [0.29, 0.717) is 17.8 Å². The summed E-state index contributed by atoms with van der Waals surface area (Å²) in [6.07, 6.45) is 10.4. The molecule has 3 rings (SSSR count). The first kappa shape index (κ1) is 19.3. The van der Waals surface area contributed by atoms with E-state index in [4.69, 9.17) is 10.5 Å². The lowest BCUT2D eigenvalue weighted by Gasteiger charge is -2.27. The van der Waals surface area contributed by atoms with Gasteiger partial charge >= 0.3 is 0 Å². The van der Waals surface area contributed by atoms with E-state index in [-0.39, 0.29) is 0 Å². The highest BCUT2D eigenvalue weighted by Gasteiger charge is 2.24. The Morgan fingerprint density at radius 1 is 1.27 bits per heavy atom. The number of hydrogen-bond donors (Lipinski definition) is 2. The molecule has 2 heterocycles.